The van der Waals surface area contributed by atoms with Crippen LogP contribution in [0.2, 0.25) is 0 Å². The van der Waals surface area contributed by atoms with Crippen molar-refractivity contribution in [2.75, 3.05) is 6.54 Å². The molecular formula is C15H30N2O. The summed E-state index contributed by atoms with van der Waals surface area (Å²) >= 11 is 0. The Kier molecular flexibility index (Phi) is 5.64. The monoisotopic (exact) mass is 254 g/mol. The highest BCUT2D eigenvalue weighted by molar-refractivity contribution is 5.80. The standard InChI is InChI=1S/C15H30N2O/c1-5-10-17-13(14(16)18)11-6-8-12(9-7-11)15(2,3)4/h11-13,17H,5-10H2,1-4H3,(H2,16,18). The second-order valence-electron chi connectivity index (χ2n) is 6.81. The van der Waals surface area contributed by atoms with Gasteiger partial charge in [-0.1, -0.05) is 27.7 Å². The first-order valence-corrected chi connectivity index (χ1v) is 7.39. The predicted molar refractivity (Wildman–Crippen MR) is 76.2 cm³/mol. The summed E-state index contributed by atoms with van der Waals surface area (Å²) in [6, 6.07) is -0.120. The summed E-state index contributed by atoms with van der Waals surface area (Å²) in [5, 5.41) is 3.32. The molecule has 106 valence electrons. The summed E-state index contributed by atoms with van der Waals surface area (Å²) in [4.78, 5) is 11.5. The van der Waals surface area contributed by atoms with E-state index >= 15 is 0 Å². The van der Waals surface area contributed by atoms with E-state index in [0.717, 1.165) is 31.7 Å². The molecule has 1 aliphatic carbocycles. The van der Waals surface area contributed by atoms with Crippen LogP contribution in [0.15, 0.2) is 0 Å². The van der Waals surface area contributed by atoms with Crippen LogP contribution < -0.4 is 11.1 Å². The largest absolute Gasteiger partial charge is 0.368 e. The van der Waals surface area contributed by atoms with Crippen molar-refractivity contribution in [2.45, 2.75) is 65.8 Å². The Balaban J connectivity index is 2.51. The highest BCUT2D eigenvalue weighted by Gasteiger charge is 2.34. The van der Waals surface area contributed by atoms with Gasteiger partial charge in [0.1, 0.15) is 0 Å². The van der Waals surface area contributed by atoms with Gasteiger partial charge < -0.3 is 11.1 Å². The number of rotatable bonds is 5. The molecule has 1 unspecified atom stereocenters. The number of amides is 1. The van der Waals surface area contributed by atoms with E-state index in [1.165, 1.54) is 12.8 Å². The molecule has 1 aliphatic rings. The highest BCUT2D eigenvalue weighted by atomic mass is 16.1. The van der Waals surface area contributed by atoms with E-state index in [-0.39, 0.29) is 11.9 Å². The van der Waals surface area contributed by atoms with Gasteiger partial charge in [-0.25, -0.2) is 0 Å². The van der Waals surface area contributed by atoms with Crippen molar-refractivity contribution >= 4 is 5.91 Å². The zero-order valence-electron chi connectivity index (χ0n) is 12.5. The van der Waals surface area contributed by atoms with E-state index in [0.29, 0.717) is 11.3 Å². The molecule has 0 saturated heterocycles. The highest BCUT2D eigenvalue weighted by Crippen LogP contribution is 2.40. The van der Waals surface area contributed by atoms with Gasteiger partial charge >= 0.3 is 0 Å². The predicted octanol–water partition coefficient (Wildman–Crippen LogP) is 2.69. The molecule has 1 fully saturated rings. The molecule has 3 heteroatoms. The molecule has 0 aromatic rings. The van der Waals surface area contributed by atoms with Crippen LogP contribution in [0.5, 0.6) is 0 Å². The summed E-state index contributed by atoms with van der Waals surface area (Å²) in [6.07, 6.45) is 5.76. The van der Waals surface area contributed by atoms with Crippen LogP contribution in [0.4, 0.5) is 0 Å². The summed E-state index contributed by atoms with van der Waals surface area (Å²) in [7, 11) is 0. The van der Waals surface area contributed by atoms with Crippen LogP contribution in [-0.4, -0.2) is 18.5 Å². The zero-order chi connectivity index (χ0) is 13.8. The lowest BCUT2D eigenvalue weighted by Crippen LogP contribution is -2.48. The van der Waals surface area contributed by atoms with E-state index in [1.807, 2.05) is 0 Å². The van der Waals surface area contributed by atoms with Gasteiger partial charge in [-0.3, -0.25) is 4.79 Å². The van der Waals surface area contributed by atoms with Crippen LogP contribution in [-0.2, 0) is 4.79 Å². The fourth-order valence-electron chi connectivity index (χ4n) is 3.12. The average molecular weight is 254 g/mol. The molecule has 1 atom stereocenters. The molecule has 3 N–H and O–H groups in total. The Morgan fingerprint density at radius 2 is 1.83 bits per heavy atom. The molecule has 1 saturated carbocycles. The Morgan fingerprint density at radius 1 is 1.28 bits per heavy atom. The topological polar surface area (TPSA) is 55.1 Å². The average Bonchev–Trinajstić information content (AvgIpc) is 2.28. The Labute approximate surface area is 112 Å². The maximum absolute atomic E-state index is 11.5. The lowest BCUT2D eigenvalue weighted by atomic mass is 9.68. The van der Waals surface area contributed by atoms with Crippen LogP contribution in [0.1, 0.15) is 59.8 Å². The minimum absolute atomic E-state index is 0.120. The summed E-state index contributed by atoms with van der Waals surface area (Å²) < 4.78 is 0. The molecule has 0 aromatic carbocycles. The lowest BCUT2D eigenvalue weighted by molar-refractivity contribution is -0.121. The van der Waals surface area contributed by atoms with E-state index in [9.17, 15) is 4.79 Å². The number of hydrogen-bond donors (Lipinski definition) is 2. The van der Waals surface area contributed by atoms with Gasteiger partial charge in [-0.05, 0) is 55.9 Å². The quantitative estimate of drug-likeness (QED) is 0.792. The summed E-state index contributed by atoms with van der Waals surface area (Å²) in [5.74, 6) is 1.05. The smallest absolute Gasteiger partial charge is 0.234 e. The molecule has 0 heterocycles. The van der Waals surface area contributed by atoms with Crippen molar-refractivity contribution in [1.82, 2.24) is 5.32 Å². The molecule has 1 amide bonds. The van der Waals surface area contributed by atoms with Gasteiger partial charge in [0.05, 0.1) is 6.04 Å². The van der Waals surface area contributed by atoms with Gasteiger partial charge in [0, 0.05) is 0 Å². The molecule has 1 rings (SSSR count). The zero-order valence-corrected chi connectivity index (χ0v) is 12.5. The fraction of sp³-hybridized carbons (Fsp3) is 0.933. The van der Waals surface area contributed by atoms with Crippen LogP contribution in [0.3, 0.4) is 0 Å². The third kappa shape index (κ3) is 4.27. The number of nitrogens with two attached hydrogens (primary N) is 1. The second-order valence-corrected chi connectivity index (χ2v) is 6.81. The first-order chi connectivity index (χ1) is 8.36. The fourth-order valence-corrected chi connectivity index (χ4v) is 3.12. The lowest BCUT2D eigenvalue weighted by Gasteiger charge is -2.39. The van der Waals surface area contributed by atoms with Crippen molar-refractivity contribution in [3.8, 4) is 0 Å². The Hall–Kier alpha value is -0.570. The molecular weight excluding hydrogens is 224 g/mol. The Morgan fingerprint density at radius 3 is 2.22 bits per heavy atom. The van der Waals surface area contributed by atoms with Gasteiger partial charge in [0.2, 0.25) is 5.91 Å². The summed E-state index contributed by atoms with van der Waals surface area (Å²) in [6.45, 7) is 9.95. The third-order valence-corrected chi connectivity index (χ3v) is 4.39. The minimum Gasteiger partial charge on any atom is -0.368 e. The van der Waals surface area contributed by atoms with Crippen LogP contribution in [0, 0.1) is 17.3 Å². The molecule has 0 radical (unpaired) electrons. The molecule has 0 bridgehead atoms. The van der Waals surface area contributed by atoms with Crippen LogP contribution >= 0.6 is 0 Å². The third-order valence-electron chi connectivity index (χ3n) is 4.39. The van der Waals surface area contributed by atoms with Crippen LogP contribution in [0.25, 0.3) is 0 Å². The first kappa shape index (κ1) is 15.5. The number of hydrogen-bond acceptors (Lipinski definition) is 2. The van der Waals surface area contributed by atoms with Crippen molar-refractivity contribution in [2.24, 2.45) is 23.0 Å². The van der Waals surface area contributed by atoms with Crippen molar-refractivity contribution < 1.29 is 4.79 Å². The number of carbonyl (C=O) groups excluding carboxylic acids is 1. The van der Waals surface area contributed by atoms with Gasteiger partial charge in [-0.15, -0.1) is 0 Å². The van der Waals surface area contributed by atoms with E-state index in [4.69, 9.17) is 5.73 Å². The van der Waals surface area contributed by atoms with E-state index in [1.54, 1.807) is 0 Å². The van der Waals surface area contributed by atoms with Crippen molar-refractivity contribution in [3.63, 3.8) is 0 Å². The summed E-state index contributed by atoms with van der Waals surface area (Å²) in [5.41, 5.74) is 5.92. The van der Waals surface area contributed by atoms with Crippen molar-refractivity contribution in [1.29, 1.82) is 0 Å². The Bertz CT molecular complexity index is 262. The number of nitrogens with one attached hydrogen (secondary N) is 1. The first-order valence-electron chi connectivity index (χ1n) is 7.39. The molecule has 0 aliphatic heterocycles. The molecule has 18 heavy (non-hydrogen) atoms. The van der Waals surface area contributed by atoms with Gasteiger partial charge in [0.25, 0.3) is 0 Å². The van der Waals surface area contributed by atoms with E-state index < -0.39 is 0 Å². The van der Waals surface area contributed by atoms with Gasteiger partial charge in [-0.2, -0.15) is 0 Å². The van der Waals surface area contributed by atoms with Crippen molar-refractivity contribution in [3.05, 3.63) is 0 Å². The minimum atomic E-state index is -0.178. The SMILES string of the molecule is CCCNC(C(N)=O)C1CCC(C(C)(C)C)CC1. The maximum atomic E-state index is 11.5. The number of carbonyl (C=O) groups is 1. The second kappa shape index (κ2) is 6.55. The van der Waals surface area contributed by atoms with E-state index in [2.05, 4.69) is 33.0 Å². The molecule has 3 nitrogen and oxygen atoms in total. The maximum Gasteiger partial charge on any atom is 0.234 e. The molecule has 0 spiro atoms. The number of primary amides is 1. The normalized spacial score (nSPS) is 26.9. The van der Waals surface area contributed by atoms with Gasteiger partial charge in [0.15, 0.2) is 0 Å². The molecule has 0 aromatic heterocycles.